The van der Waals surface area contributed by atoms with Crippen molar-refractivity contribution in [1.29, 1.82) is 0 Å². The van der Waals surface area contributed by atoms with Crippen molar-refractivity contribution in [2.24, 2.45) is 0 Å². The van der Waals surface area contributed by atoms with Crippen LogP contribution in [0.2, 0.25) is 5.02 Å². The van der Waals surface area contributed by atoms with Crippen molar-refractivity contribution in [3.05, 3.63) is 88.9 Å². The normalized spacial score (nSPS) is 13.5. The molecule has 2 N–H and O–H groups in total. The molecule has 1 amide bonds. The molecule has 3 aromatic rings. The van der Waals surface area contributed by atoms with Crippen LogP contribution < -0.4 is 14.8 Å². The Hall–Kier alpha value is -2.87. The molecule has 0 fully saturated rings. The summed E-state index contributed by atoms with van der Waals surface area (Å²) in [5.41, 5.74) is 1.92. The van der Waals surface area contributed by atoms with Crippen LogP contribution in [0.5, 0.6) is 5.75 Å². The van der Waals surface area contributed by atoms with Crippen molar-refractivity contribution in [3.63, 3.8) is 0 Å². The third-order valence-electron chi connectivity index (χ3n) is 4.50. The Morgan fingerprint density at radius 1 is 0.966 bits per heavy atom. The number of hydrogen-bond acceptors (Lipinski definition) is 4. The highest BCUT2D eigenvalue weighted by Crippen LogP contribution is 2.36. The molecule has 0 bridgehead atoms. The summed E-state index contributed by atoms with van der Waals surface area (Å²) in [5.74, 6) is -0.0686. The molecular formula is C21H17ClN2O4S. The van der Waals surface area contributed by atoms with E-state index in [0.717, 1.165) is 11.1 Å². The maximum atomic E-state index is 13.2. The third kappa shape index (κ3) is 4.12. The zero-order valence-electron chi connectivity index (χ0n) is 15.1. The Labute approximate surface area is 173 Å². The van der Waals surface area contributed by atoms with Gasteiger partial charge in [-0.05, 0) is 17.2 Å². The molecule has 0 spiro atoms. The Bertz CT molecular complexity index is 1110. The second-order valence-electron chi connectivity index (χ2n) is 6.49. The van der Waals surface area contributed by atoms with Gasteiger partial charge in [0, 0.05) is 6.07 Å². The molecule has 1 heterocycles. The number of carbonyl (C=O) groups excluding carboxylic acids is 1. The molecule has 29 heavy (non-hydrogen) atoms. The van der Waals surface area contributed by atoms with Crippen LogP contribution in [0.1, 0.15) is 17.2 Å². The van der Waals surface area contributed by atoms with Crippen molar-refractivity contribution in [2.45, 2.75) is 10.9 Å². The van der Waals surface area contributed by atoms with Gasteiger partial charge in [-0.25, -0.2) is 8.42 Å². The van der Waals surface area contributed by atoms with Gasteiger partial charge in [0.25, 0.3) is 5.91 Å². The molecule has 3 aromatic carbocycles. The second-order valence-corrected chi connectivity index (χ2v) is 8.58. The predicted octanol–water partition coefficient (Wildman–Crippen LogP) is 3.74. The van der Waals surface area contributed by atoms with Gasteiger partial charge in [0.15, 0.2) is 6.61 Å². The second kappa shape index (κ2) is 7.87. The molecule has 0 unspecified atom stereocenters. The van der Waals surface area contributed by atoms with Crippen molar-refractivity contribution in [1.82, 2.24) is 4.72 Å². The summed E-state index contributed by atoms with van der Waals surface area (Å²) >= 11 is 6.24. The molecule has 4 rings (SSSR count). The van der Waals surface area contributed by atoms with Crippen LogP contribution in [-0.4, -0.2) is 20.9 Å². The fourth-order valence-corrected chi connectivity index (χ4v) is 4.88. The highest BCUT2D eigenvalue weighted by molar-refractivity contribution is 7.89. The van der Waals surface area contributed by atoms with Gasteiger partial charge in [-0.2, -0.15) is 4.72 Å². The van der Waals surface area contributed by atoms with Gasteiger partial charge in [-0.15, -0.1) is 0 Å². The minimum absolute atomic E-state index is 0.0121. The minimum Gasteiger partial charge on any atom is -0.482 e. The summed E-state index contributed by atoms with van der Waals surface area (Å²) in [5, 5.41) is 2.60. The number of hydrogen-bond donors (Lipinski definition) is 2. The molecule has 0 radical (unpaired) electrons. The fourth-order valence-electron chi connectivity index (χ4n) is 3.13. The van der Waals surface area contributed by atoms with Crippen molar-refractivity contribution in [3.8, 4) is 5.75 Å². The summed E-state index contributed by atoms with van der Waals surface area (Å²) in [4.78, 5) is 11.3. The van der Waals surface area contributed by atoms with Crippen LogP contribution in [0.15, 0.2) is 77.7 Å². The molecular weight excluding hydrogens is 412 g/mol. The van der Waals surface area contributed by atoms with E-state index < -0.39 is 16.1 Å². The summed E-state index contributed by atoms with van der Waals surface area (Å²) in [7, 11) is -4.01. The number of nitrogens with one attached hydrogen (secondary N) is 2. The lowest BCUT2D eigenvalue weighted by Crippen LogP contribution is -2.30. The number of fused-ring (bicyclic) bond motifs is 1. The summed E-state index contributed by atoms with van der Waals surface area (Å²) in [6.45, 7) is -0.182. The number of halogens is 1. The van der Waals surface area contributed by atoms with Crippen LogP contribution in [-0.2, 0) is 14.8 Å². The van der Waals surface area contributed by atoms with Gasteiger partial charge in [0.2, 0.25) is 10.0 Å². The first-order valence-corrected chi connectivity index (χ1v) is 10.7. The lowest BCUT2D eigenvalue weighted by molar-refractivity contribution is -0.118. The number of ether oxygens (including phenoxy) is 1. The maximum Gasteiger partial charge on any atom is 0.262 e. The van der Waals surface area contributed by atoms with Gasteiger partial charge in [0.05, 0.1) is 16.8 Å². The third-order valence-corrected chi connectivity index (χ3v) is 6.38. The van der Waals surface area contributed by atoms with E-state index in [1.54, 1.807) is 0 Å². The number of sulfonamides is 1. The van der Waals surface area contributed by atoms with Crippen LogP contribution in [0.25, 0.3) is 0 Å². The lowest BCUT2D eigenvalue weighted by atomic mass is 10.00. The highest BCUT2D eigenvalue weighted by Gasteiger charge is 2.28. The van der Waals surface area contributed by atoms with Gasteiger partial charge < -0.3 is 10.1 Å². The molecule has 0 atom stereocenters. The number of amides is 1. The van der Waals surface area contributed by atoms with E-state index in [1.165, 1.54) is 12.1 Å². The molecule has 0 saturated heterocycles. The summed E-state index contributed by atoms with van der Waals surface area (Å²) in [6.07, 6.45) is 0. The van der Waals surface area contributed by atoms with E-state index in [-0.39, 0.29) is 28.2 Å². The summed E-state index contributed by atoms with van der Waals surface area (Å²) in [6, 6.07) is 20.7. The average molecular weight is 429 g/mol. The minimum atomic E-state index is -4.01. The topological polar surface area (TPSA) is 84.5 Å². The summed E-state index contributed by atoms with van der Waals surface area (Å²) < 4.78 is 34.5. The van der Waals surface area contributed by atoms with Gasteiger partial charge in [-0.1, -0.05) is 72.3 Å². The van der Waals surface area contributed by atoms with Crippen LogP contribution in [0, 0.1) is 0 Å². The largest absolute Gasteiger partial charge is 0.482 e. The first-order chi connectivity index (χ1) is 13.9. The molecule has 1 aliphatic rings. The Kier molecular flexibility index (Phi) is 5.27. The Balaban J connectivity index is 1.74. The molecule has 0 aromatic heterocycles. The van der Waals surface area contributed by atoms with Gasteiger partial charge >= 0.3 is 0 Å². The number of carbonyl (C=O) groups is 1. The Morgan fingerprint density at radius 3 is 2.14 bits per heavy atom. The first-order valence-electron chi connectivity index (χ1n) is 8.82. The van der Waals surface area contributed by atoms with E-state index in [4.69, 9.17) is 16.3 Å². The number of anilines is 1. The molecule has 148 valence electrons. The molecule has 1 aliphatic heterocycles. The van der Waals surface area contributed by atoms with E-state index >= 15 is 0 Å². The van der Waals surface area contributed by atoms with E-state index in [1.807, 2.05) is 60.7 Å². The molecule has 6 nitrogen and oxygen atoms in total. The van der Waals surface area contributed by atoms with E-state index in [2.05, 4.69) is 10.0 Å². The van der Waals surface area contributed by atoms with Crippen LogP contribution in [0.4, 0.5) is 5.69 Å². The monoisotopic (exact) mass is 428 g/mol. The fraction of sp³-hybridized carbons (Fsp3) is 0.0952. The van der Waals surface area contributed by atoms with E-state index in [9.17, 15) is 13.2 Å². The predicted molar refractivity (Wildman–Crippen MR) is 111 cm³/mol. The Morgan fingerprint density at radius 2 is 1.55 bits per heavy atom. The first kappa shape index (κ1) is 19.4. The van der Waals surface area contributed by atoms with Gasteiger partial charge in [0.1, 0.15) is 10.6 Å². The smallest absolute Gasteiger partial charge is 0.262 e. The van der Waals surface area contributed by atoms with Crippen molar-refractivity contribution in [2.75, 3.05) is 11.9 Å². The number of benzene rings is 3. The maximum absolute atomic E-state index is 13.2. The van der Waals surface area contributed by atoms with Crippen molar-refractivity contribution >= 4 is 33.2 Å². The van der Waals surface area contributed by atoms with Gasteiger partial charge in [-0.3, -0.25) is 4.79 Å². The standard InChI is InChI=1S/C21H17ClN2O4S/c22-16-11-17-18(28-13-20(25)23-17)12-19(16)29(26,27)24-21(14-7-3-1-4-8-14)15-9-5-2-6-10-15/h1-12,21,24H,13H2,(H,23,25). The molecule has 0 aliphatic carbocycles. The van der Waals surface area contributed by atoms with Crippen molar-refractivity contribution < 1.29 is 17.9 Å². The SMILES string of the molecule is O=C1COc2cc(S(=O)(=O)NC(c3ccccc3)c3ccccc3)c(Cl)cc2N1. The van der Waals surface area contributed by atoms with Crippen LogP contribution >= 0.6 is 11.6 Å². The zero-order valence-corrected chi connectivity index (χ0v) is 16.7. The highest BCUT2D eigenvalue weighted by atomic mass is 35.5. The average Bonchev–Trinajstić information content (AvgIpc) is 2.72. The van der Waals surface area contributed by atoms with E-state index in [0.29, 0.717) is 5.69 Å². The number of rotatable bonds is 5. The molecule has 8 heteroatoms. The zero-order chi connectivity index (χ0) is 20.4. The molecule has 0 saturated carbocycles. The van der Waals surface area contributed by atoms with Crippen LogP contribution in [0.3, 0.4) is 0 Å². The lowest BCUT2D eigenvalue weighted by Gasteiger charge is -2.22. The quantitative estimate of drug-likeness (QED) is 0.648.